The van der Waals surface area contributed by atoms with Crippen LogP contribution in [0.5, 0.6) is 0 Å². The zero-order chi connectivity index (χ0) is 15.1. The third kappa shape index (κ3) is 5.67. The molecule has 0 bridgehead atoms. The van der Waals surface area contributed by atoms with Crippen LogP contribution in [0.25, 0.3) is 0 Å². The lowest BCUT2D eigenvalue weighted by atomic mass is 9.84. The van der Waals surface area contributed by atoms with Crippen molar-refractivity contribution in [1.82, 2.24) is 4.90 Å². The Balaban J connectivity index is 1.74. The summed E-state index contributed by atoms with van der Waals surface area (Å²) >= 11 is 0. The molecule has 21 heavy (non-hydrogen) atoms. The van der Waals surface area contributed by atoms with Gasteiger partial charge in [0.15, 0.2) is 0 Å². The van der Waals surface area contributed by atoms with Gasteiger partial charge in [-0.15, -0.1) is 0 Å². The predicted molar refractivity (Wildman–Crippen MR) is 86.9 cm³/mol. The van der Waals surface area contributed by atoms with Crippen LogP contribution in [0, 0.1) is 5.92 Å². The molecule has 2 saturated heterocycles. The molecule has 0 aromatic heterocycles. The highest BCUT2D eigenvalue weighted by Crippen LogP contribution is 2.45. The second-order valence-electron chi connectivity index (χ2n) is 6.61. The Hall–Kier alpha value is 0.110. The Labute approximate surface area is 130 Å². The van der Waals surface area contributed by atoms with E-state index in [2.05, 4.69) is 11.8 Å². The van der Waals surface area contributed by atoms with Gasteiger partial charge >= 0.3 is 7.60 Å². The zero-order valence-corrected chi connectivity index (χ0v) is 14.7. The second kappa shape index (κ2) is 8.67. The number of rotatable bonds is 8. The van der Waals surface area contributed by atoms with Crippen LogP contribution in [0.15, 0.2) is 0 Å². The largest absolute Gasteiger partial charge is 0.327 e. The van der Waals surface area contributed by atoms with Crippen molar-refractivity contribution < 1.29 is 13.6 Å². The maximum atomic E-state index is 12.3. The van der Waals surface area contributed by atoms with Crippen molar-refractivity contribution in [2.24, 2.45) is 5.92 Å². The lowest BCUT2D eigenvalue weighted by Crippen LogP contribution is -2.49. The first kappa shape index (κ1) is 17.5. The van der Waals surface area contributed by atoms with Crippen LogP contribution >= 0.6 is 7.60 Å². The summed E-state index contributed by atoms with van der Waals surface area (Å²) in [6.07, 6.45) is 9.63. The van der Waals surface area contributed by atoms with Crippen LogP contribution in [0.1, 0.15) is 58.3 Å². The molecule has 2 aliphatic rings. The van der Waals surface area contributed by atoms with E-state index >= 15 is 0 Å². The number of nitrogens with zero attached hydrogens (tertiary/aromatic N) is 1. The van der Waals surface area contributed by atoms with Gasteiger partial charge in [0, 0.05) is 12.7 Å². The van der Waals surface area contributed by atoms with Crippen LogP contribution < -0.4 is 0 Å². The van der Waals surface area contributed by atoms with Crippen molar-refractivity contribution in [1.29, 1.82) is 0 Å². The average Bonchev–Trinajstić information content (AvgIpc) is 2.50. The summed E-state index contributed by atoms with van der Waals surface area (Å²) in [5.41, 5.74) is 0. The molecule has 5 heteroatoms. The monoisotopic (exact) mass is 317 g/mol. The molecule has 0 spiro atoms. The highest BCUT2D eigenvalue weighted by Gasteiger charge is 2.34. The molecule has 2 fully saturated rings. The van der Waals surface area contributed by atoms with Gasteiger partial charge in [0.05, 0.1) is 13.2 Å². The topological polar surface area (TPSA) is 38.8 Å². The van der Waals surface area contributed by atoms with Crippen LogP contribution in [0.2, 0.25) is 0 Å². The Morgan fingerprint density at radius 3 is 2.71 bits per heavy atom. The third-order valence-corrected chi connectivity index (χ3v) is 6.10. The van der Waals surface area contributed by atoms with Gasteiger partial charge in [0.2, 0.25) is 0 Å². The van der Waals surface area contributed by atoms with E-state index in [1.54, 1.807) is 6.66 Å². The van der Waals surface area contributed by atoms with Gasteiger partial charge in [-0.25, -0.2) is 0 Å². The Bertz CT molecular complexity index is 348. The lowest BCUT2D eigenvalue weighted by Gasteiger charge is -2.44. The van der Waals surface area contributed by atoms with E-state index in [0.29, 0.717) is 25.2 Å². The van der Waals surface area contributed by atoms with Gasteiger partial charge < -0.3 is 13.9 Å². The van der Waals surface area contributed by atoms with Crippen molar-refractivity contribution >= 4 is 7.60 Å². The van der Waals surface area contributed by atoms with Gasteiger partial charge in [0.25, 0.3) is 0 Å². The van der Waals surface area contributed by atoms with Crippen molar-refractivity contribution in [3.05, 3.63) is 0 Å². The SMILES string of the molecule is CCCCCO[P@@](C)(=O)OC[C@H]1CCCN2CCCC[C@H]12. The van der Waals surface area contributed by atoms with E-state index in [0.717, 1.165) is 19.3 Å². The van der Waals surface area contributed by atoms with Gasteiger partial charge in [0.1, 0.15) is 0 Å². The average molecular weight is 317 g/mol. The summed E-state index contributed by atoms with van der Waals surface area (Å²) in [6, 6.07) is 0.646. The van der Waals surface area contributed by atoms with Crippen LogP contribution in [-0.4, -0.2) is 43.9 Å². The number of fused-ring (bicyclic) bond motifs is 1. The first-order chi connectivity index (χ1) is 10.1. The molecule has 124 valence electrons. The normalized spacial score (nSPS) is 29.8. The van der Waals surface area contributed by atoms with Gasteiger partial charge in [-0.3, -0.25) is 4.57 Å². The minimum Gasteiger partial charge on any atom is -0.309 e. The lowest BCUT2D eigenvalue weighted by molar-refractivity contribution is 0.0329. The summed E-state index contributed by atoms with van der Waals surface area (Å²) in [7, 11) is -2.87. The number of piperidine rings is 2. The molecule has 0 saturated carbocycles. The minimum absolute atomic E-state index is 0.534. The number of hydrogen-bond donors (Lipinski definition) is 0. The quantitative estimate of drug-likeness (QED) is 0.494. The molecule has 0 unspecified atom stereocenters. The minimum atomic E-state index is -2.87. The van der Waals surface area contributed by atoms with Crippen LogP contribution in [0.3, 0.4) is 0 Å². The molecule has 2 aliphatic heterocycles. The Kier molecular flexibility index (Phi) is 7.21. The fourth-order valence-electron chi connectivity index (χ4n) is 3.62. The molecule has 0 amide bonds. The first-order valence-electron chi connectivity index (χ1n) is 8.73. The molecule has 0 aromatic carbocycles. The molecule has 0 radical (unpaired) electrons. The Morgan fingerprint density at radius 1 is 1.10 bits per heavy atom. The summed E-state index contributed by atoms with van der Waals surface area (Å²) in [5, 5.41) is 0. The highest BCUT2D eigenvalue weighted by atomic mass is 31.2. The van der Waals surface area contributed by atoms with E-state index in [1.807, 2.05) is 0 Å². The van der Waals surface area contributed by atoms with Crippen molar-refractivity contribution in [2.45, 2.75) is 64.3 Å². The molecule has 2 heterocycles. The zero-order valence-electron chi connectivity index (χ0n) is 13.8. The molecule has 2 rings (SSSR count). The van der Waals surface area contributed by atoms with Gasteiger partial charge in [-0.05, 0) is 51.1 Å². The maximum Gasteiger partial charge on any atom is 0.327 e. The number of hydrogen-bond acceptors (Lipinski definition) is 4. The molecule has 3 atom stereocenters. The smallest absolute Gasteiger partial charge is 0.309 e. The molecular formula is C16H32NO3P. The van der Waals surface area contributed by atoms with Crippen LogP contribution in [0.4, 0.5) is 0 Å². The van der Waals surface area contributed by atoms with E-state index in [9.17, 15) is 4.57 Å². The molecule has 0 aliphatic carbocycles. The molecule has 0 aromatic rings. The Morgan fingerprint density at radius 2 is 1.90 bits per heavy atom. The van der Waals surface area contributed by atoms with Crippen molar-refractivity contribution in [2.75, 3.05) is 33.0 Å². The third-order valence-electron chi connectivity index (χ3n) is 4.83. The van der Waals surface area contributed by atoms with Crippen molar-refractivity contribution in [3.63, 3.8) is 0 Å². The van der Waals surface area contributed by atoms with E-state index in [-0.39, 0.29) is 0 Å². The standard InChI is InChI=1S/C16H32NO3P/c1-3-4-7-13-19-21(2,18)20-14-15-9-8-12-17-11-6-5-10-16(15)17/h15-16H,3-14H2,1-2H3/t15-,16-,21-/m1/s1. The molecule has 0 N–H and O–H groups in total. The summed E-state index contributed by atoms with van der Waals surface area (Å²) in [6.45, 7) is 7.41. The van der Waals surface area contributed by atoms with E-state index in [1.165, 1.54) is 45.2 Å². The van der Waals surface area contributed by atoms with E-state index < -0.39 is 7.60 Å². The van der Waals surface area contributed by atoms with Crippen LogP contribution in [-0.2, 0) is 13.6 Å². The predicted octanol–water partition coefficient (Wildman–Crippen LogP) is 4.30. The first-order valence-corrected chi connectivity index (χ1v) is 10.7. The molecular weight excluding hydrogens is 285 g/mol. The van der Waals surface area contributed by atoms with Crippen molar-refractivity contribution in [3.8, 4) is 0 Å². The fourth-order valence-corrected chi connectivity index (χ4v) is 4.62. The summed E-state index contributed by atoms with van der Waals surface area (Å²) in [5.74, 6) is 0.534. The van der Waals surface area contributed by atoms with Gasteiger partial charge in [-0.1, -0.05) is 26.2 Å². The summed E-state index contributed by atoms with van der Waals surface area (Å²) in [4.78, 5) is 2.61. The van der Waals surface area contributed by atoms with Gasteiger partial charge in [-0.2, -0.15) is 0 Å². The van der Waals surface area contributed by atoms with E-state index in [4.69, 9.17) is 9.05 Å². The molecule has 4 nitrogen and oxygen atoms in total. The second-order valence-corrected chi connectivity index (χ2v) is 8.67. The fraction of sp³-hybridized carbons (Fsp3) is 1.00. The number of unbranched alkanes of at least 4 members (excludes halogenated alkanes) is 2. The maximum absolute atomic E-state index is 12.3. The summed E-state index contributed by atoms with van der Waals surface area (Å²) < 4.78 is 23.5. The highest BCUT2D eigenvalue weighted by molar-refractivity contribution is 7.52.